The average molecular weight is 249 g/mol. The molecule has 94 valence electrons. The molecule has 0 aliphatic heterocycles. The third-order valence-electron chi connectivity index (χ3n) is 2.26. The van der Waals surface area contributed by atoms with Gasteiger partial charge in [0.15, 0.2) is 0 Å². The van der Waals surface area contributed by atoms with E-state index in [1.807, 2.05) is 6.92 Å². The second kappa shape index (κ2) is 5.39. The van der Waals surface area contributed by atoms with Crippen molar-refractivity contribution in [2.75, 3.05) is 6.54 Å². The minimum atomic E-state index is -0.471. The van der Waals surface area contributed by atoms with Crippen LogP contribution in [0.5, 0.6) is 0 Å². The first-order valence-electron chi connectivity index (χ1n) is 5.59. The second-order valence-electron chi connectivity index (χ2n) is 3.65. The number of benzene rings is 1. The number of aromatic nitrogens is 2. The molecule has 0 saturated heterocycles. The van der Waals surface area contributed by atoms with Gasteiger partial charge in [0.2, 0.25) is 0 Å². The Morgan fingerprint density at radius 1 is 1.39 bits per heavy atom. The van der Waals surface area contributed by atoms with E-state index >= 15 is 0 Å². The van der Waals surface area contributed by atoms with Gasteiger partial charge in [0.25, 0.3) is 5.89 Å². The molecular weight excluding hydrogens is 237 g/mol. The number of nitrogens with one attached hydrogen (secondary N) is 1. The number of halogens is 1. The van der Waals surface area contributed by atoms with Crippen LogP contribution < -0.4 is 5.32 Å². The molecule has 0 aliphatic carbocycles. The Balaban J connectivity index is 2.21. The Kier molecular flexibility index (Phi) is 3.66. The van der Waals surface area contributed by atoms with Gasteiger partial charge in [0.1, 0.15) is 5.82 Å². The largest absolute Gasteiger partial charge is 0.412 e. The van der Waals surface area contributed by atoms with E-state index in [0.29, 0.717) is 6.54 Å². The van der Waals surface area contributed by atoms with Crippen molar-refractivity contribution >= 4 is 5.91 Å². The van der Waals surface area contributed by atoms with Crippen molar-refractivity contribution in [3.63, 3.8) is 0 Å². The van der Waals surface area contributed by atoms with Crippen LogP contribution >= 0.6 is 0 Å². The van der Waals surface area contributed by atoms with Crippen LogP contribution in [0.15, 0.2) is 28.7 Å². The molecule has 18 heavy (non-hydrogen) atoms. The highest BCUT2D eigenvalue weighted by molar-refractivity contribution is 5.89. The lowest BCUT2D eigenvalue weighted by Crippen LogP contribution is -2.24. The van der Waals surface area contributed by atoms with Crippen LogP contribution in [0, 0.1) is 5.82 Å². The molecule has 1 heterocycles. The SMILES string of the molecule is CCCNC(=O)c1nnc(-c2ccccc2F)o1. The summed E-state index contributed by atoms with van der Waals surface area (Å²) in [4.78, 5) is 11.5. The molecule has 1 amide bonds. The molecule has 1 N–H and O–H groups in total. The van der Waals surface area contributed by atoms with Gasteiger partial charge in [-0.3, -0.25) is 4.79 Å². The molecule has 1 aromatic heterocycles. The minimum absolute atomic E-state index is 0.00486. The van der Waals surface area contributed by atoms with E-state index < -0.39 is 11.7 Å². The summed E-state index contributed by atoms with van der Waals surface area (Å²) in [5, 5.41) is 9.85. The highest BCUT2D eigenvalue weighted by Crippen LogP contribution is 2.20. The molecular formula is C12H12FN3O2. The summed E-state index contributed by atoms with van der Waals surface area (Å²) >= 11 is 0. The molecule has 0 unspecified atom stereocenters. The molecule has 2 rings (SSSR count). The molecule has 5 nitrogen and oxygen atoms in total. The van der Waals surface area contributed by atoms with Crippen LogP contribution in [0.1, 0.15) is 24.0 Å². The van der Waals surface area contributed by atoms with Gasteiger partial charge in [-0.1, -0.05) is 19.1 Å². The summed E-state index contributed by atoms with van der Waals surface area (Å²) in [5.74, 6) is -1.09. The molecule has 0 bridgehead atoms. The van der Waals surface area contributed by atoms with Crippen molar-refractivity contribution in [3.05, 3.63) is 36.0 Å². The highest BCUT2D eigenvalue weighted by atomic mass is 19.1. The number of hydrogen-bond acceptors (Lipinski definition) is 4. The van der Waals surface area contributed by atoms with Crippen molar-refractivity contribution in [2.45, 2.75) is 13.3 Å². The number of carbonyl (C=O) groups is 1. The fourth-order valence-electron chi connectivity index (χ4n) is 1.37. The number of amides is 1. The van der Waals surface area contributed by atoms with Gasteiger partial charge in [-0.15, -0.1) is 10.2 Å². The Morgan fingerprint density at radius 3 is 2.89 bits per heavy atom. The quantitative estimate of drug-likeness (QED) is 0.900. The average Bonchev–Trinajstić information content (AvgIpc) is 2.86. The number of rotatable bonds is 4. The van der Waals surface area contributed by atoms with Crippen LogP contribution in [0.2, 0.25) is 0 Å². The molecule has 0 aliphatic rings. The van der Waals surface area contributed by atoms with E-state index in [4.69, 9.17) is 4.42 Å². The van der Waals surface area contributed by atoms with Gasteiger partial charge in [0.05, 0.1) is 5.56 Å². The monoisotopic (exact) mass is 249 g/mol. The van der Waals surface area contributed by atoms with Gasteiger partial charge in [-0.25, -0.2) is 4.39 Å². The summed E-state index contributed by atoms with van der Waals surface area (Å²) in [7, 11) is 0. The van der Waals surface area contributed by atoms with Crippen LogP contribution in [-0.2, 0) is 0 Å². The Morgan fingerprint density at radius 2 is 2.17 bits per heavy atom. The summed E-state index contributed by atoms with van der Waals surface area (Å²) in [5.41, 5.74) is 0.180. The van der Waals surface area contributed by atoms with Gasteiger partial charge in [0, 0.05) is 6.54 Å². The van der Waals surface area contributed by atoms with Crippen molar-refractivity contribution in [1.82, 2.24) is 15.5 Å². The fraction of sp³-hybridized carbons (Fsp3) is 0.250. The van der Waals surface area contributed by atoms with Crippen LogP contribution in [-0.4, -0.2) is 22.6 Å². The van der Waals surface area contributed by atoms with E-state index in [2.05, 4.69) is 15.5 Å². The van der Waals surface area contributed by atoms with Gasteiger partial charge >= 0.3 is 11.8 Å². The van der Waals surface area contributed by atoms with Gasteiger partial charge in [-0.2, -0.15) is 0 Å². The van der Waals surface area contributed by atoms with E-state index in [-0.39, 0.29) is 17.3 Å². The summed E-state index contributed by atoms with van der Waals surface area (Å²) in [6.45, 7) is 2.45. The first kappa shape index (κ1) is 12.2. The molecule has 0 atom stereocenters. The van der Waals surface area contributed by atoms with Crippen molar-refractivity contribution in [3.8, 4) is 11.5 Å². The van der Waals surface area contributed by atoms with E-state index in [1.165, 1.54) is 12.1 Å². The third kappa shape index (κ3) is 2.53. The van der Waals surface area contributed by atoms with Gasteiger partial charge in [-0.05, 0) is 18.6 Å². The lowest BCUT2D eigenvalue weighted by molar-refractivity contribution is 0.0919. The topological polar surface area (TPSA) is 68.0 Å². The minimum Gasteiger partial charge on any atom is -0.412 e. The lowest BCUT2D eigenvalue weighted by atomic mass is 10.2. The van der Waals surface area contributed by atoms with Crippen LogP contribution in [0.25, 0.3) is 11.5 Å². The summed E-state index contributed by atoms with van der Waals surface area (Å²) in [6.07, 6.45) is 0.806. The summed E-state index contributed by atoms with van der Waals surface area (Å²) < 4.78 is 18.6. The highest BCUT2D eigenvalue weighted by Gasteiger charge is 2.16. The molecule has 1 aromatic carbocycles. The zero-order valence-electron chi connectivity index (χ0n) is 9.81. The maximum Gasteiger partial charge on any atom is 0.308 e. The zero-order chi connectivity index (χ0) is 13.0. The first-order valence-corrected chi connectivity index (χ1v) is 5.59. The normalized spacial score (nSPS) is 10.3. The van der Waals surface area contributed by atoms with Crippen molar-refractivity contribution in [1.29, 1.82) is 0 Å². The molecule has 0 saturated carbocycles. The fourth-order valence-corrected chi connectivity index (χ4v) is 1.37. The Hall–Kier alpha value is -2.24. The maximum absolute atomic E-state index is 13.5. The molecule has 0 spiro atoms. The molecule has 0 fully saturated rings. The van der Waals surface area contributed by atoms with Gasteiger partial charge < -0.3 is 9.73 Å². The lowest BCUT2D eigenvalue weighted by Gasteiger charge is -1.98. The Labute approximate surface area is 103 Å². The van der Waals surface area contributed by atoms with E-state index in [0.717, 1.165) is 6.42 Å². The van der Waals surface area contributed by atoms with Crippen molar-refractivity contribution < 1.29 is 13.6 Å². The van der Waals surface area contributed by atoms with Crippen molar-refractivity contribution in [2.24, 2.45) is 0 Å². The number of hydrogen-bond donors (Lipinski definition) is 1. The van der Waals surface area contributed by atoms with Crippen LogP contribution in [0.3, 0.4) is 0 Å². The Bertz CT molecular complexity index is 554. The number of nitrogens with zero attached hydrogens (tertiary/aromatic N) is 2. The first-order chi connectivity index (χ1) is 8.72. The smallest absolute Gasteiger partial charge is 0.308 e. The number of carbonyl (C=O) groups excluding carboxylic acids is 1. The summed E-state index contributed by atoms with van der Waals surface area (Å²) in [6, 6.07) is 6.01. The van der Waals surface area contributed by atoms with E-state index in [9.17, 15) is 9.18 Å². The third-order valence-corrected chi connectivity index (χ3v) is 2.26. The standard InChI is InChI=1S/C12H12FN3O2/c1-2-7-14-10(17)12-16-15-11(18-12)8-5-3-4-6-9(8)13/h3-6H,2,7H2,1H3,(H,14,17). The molecule has 2 aromatic rings. The maximum atomic E-state index is 13.5. The predicted molar refractivity (Wildman–Crippen MR) is 62.3 cm³/mol. The zero-order valence-corrected chi connectivity index (χ0v) is 9.81. The predicted octanol–water partition coefficient (Wildman–Crippen LogP) is 2.02. The van der Waals surface area contributed by atoms with E-state index in [1.54, 1.807) is 12.1 Å². The van der Waals surface area contributed by atoms with Crippen LogP contribution in [0.4, 0.5) is 4.39 Å². The molecule has 0 radical (unpaired) electrons. The molecule has 6 heteroatoms. The second-order valence-corrected chi connectivity index (χ2v) is 3.65.